The molecule has 0 saturated heterocycles. The lowest BCUT2D eigenvalue weighted by atomic mass is 9.98. The average molecular weight is 283 g/mol. The molecule has 0 fully saturated rings. The van der Waals surface area contributed by atoms with E-state index in [-0.39, 0.29) is 0 Å². The third kappa shape index (κ3) is 2.08. The molecule has 2 aromatic carbocycles. The van der Waals surface area contributed by atoms with E-state index >= 15 is 0 Å². The molecule has 1 aliphatic rings. The zero-order chi connectivity index (χ0) is 14.1. The summed E-state index contributed by atoms with van der Waals surface area (Å²) in [7, 11) is 0. The number of benzene rings is 2. The smallest absolute Gasteiger partial charge is 0.284 e. The highest BCUT2D eigenvalue weighted by Crippen LogP contribution is 2.38. The van der Waals surface area contributed by atoms with E-state index in [1.807, 2.05) is 54.6 Å². The van der Waals surface area contributed by atoms with E-state index in [0.29, 0.717) is 12.0 Å². The monoisotopic (exact) mass is 282 g/mol. The van der Waals surface area contributed by atoms with E-state index in [4.69, 9.17) is 11.6 Å². The molecule has 2 aromatic rings. The van der Waals surface area contributed by atoms with Crippen molar-refractivity contribution in [2.24, 2.45) is 0 Å². The van der Waals surface area contributed by atoms with Crippen LogP contribution >= 0.6 is 11.6 Å². The molecule has 3 heteroatoms. The van der Waals surface area contributed by atoms with Crippen molar-refractivity contribution in [2.45, 2.75) is 6.42 Å². The van der Waals surface area contributed by atoms with Crippen LogP contribution in [0.3, 0.4) is 0 Å². The molecule has 98 valence electrons. The summed E-state index contributed by atoms with van der Waals surface area (Å²) in [6.07, 6.45) is 0.644. The number of carbonyl (C=O) groups excluding carboxylic acids is 2. The maximum Gasteiger partial charge on any atom is 0.293 e. The van der Waals surface area contributed by atoms with Crippen LogP contribution in [0.15, 0.2) is 54.6 Å². The molecule has 1 aliphatic carbocycles. The van der Waals surface area contributed by atoms with E-state index in [9.17, 15) is 9.59 Å². The highest BCUT2D eigenvalue weighted by atomic mass is 35.5. The SMILES string of the molecule is O=C(Cl)C(=O)C1=C(c2ccccc2)Cc2ccccc21. The van der Waals surface area contributed by atoms with Crippen molar-refractivity contribution in [1.82, 2.24) is 0 Å². The minimum absolute atomic E-state index is 0.437. The summed E-state index contributed by atoms with van der Waals surface area (Å²) < 4.78 is 0. The van der Waals surface area contributed by atoms with Crippen molar-refractivity contribution >= 4 is 33.8 Å². The van der Waals surface area contributed by atoms with Gasteiger partial charge in [-0.05, 0) is 40.3 Å². The topological polar surface area (TPSA) is 34.1 Å². The molecule has 0 aromatic heterocycles. The lowest BCUT2D eigenvalue weighted by molar-refractivity contribution is -0.128. The largest absolute Gasteiger partial charge is 0.293 e. The molecular formula is C17H11ClO2. The Bertz CT molecular complexity index is 730. The number of carbonyl (C=O) groups is 2. The average Bonchev–Trinajstić information content (AvgIpc) is 2.86. The van der Waals surface area contributed by atoms with Gasteiger partial charge in [-0.1, -0.05) is 54.6 Å². The van der Waals surface area contributed by atoms with Crippen LogP contribution in [0, 0.1) is 0 Å². The fourth-order valence-corrected chi connectivity index (χ4v) is 2.70. The summed E-state index contributed by atoms with van der Waals surface area (Å²) in [6.45, 7) is 0. The van der Waals surface area contributed by atoms with Crippen LogP contribution in [0.2, 0.25) is 0 Å². The molecule has 0 saturated carbocycles. The third-order valence-electron chi connectivity index (χ3n) is 3.48. The van der Waals surface area contributed by atoms with Gasteiger partial charge in [-0.25, -0.2) is 0 Å². The summed E-state index contributed by atoms with van der Waals surface area (Å²) in [6, 6.07) is 17.2. The van der Waals surface area contributed by atoms with Crippen LogP contribution < -0.4 is 0 Å². The molecule has 3 rings (SSSR count). The molecule has 0 radical (unpaired) electrons. The Hall–Kier alpha value is -2.19. The maximum atomic E-state index is 12.2. The Kier molecular flexibility index (Phi) is 3.25. The van der Waals surface area contributed by atoms with Crippen LogP contribution in [-0.4, -0.2) is 11.0 Å². The molecule has 20 heavy (non-hydrogen) atoms. The lowest BCUT2D eigenvalue weighted by Crippen LogP contribution is -2.09. The van der Waals surface area contributed by atoms with Crippen LogP contribution in [0.1, 0.15) is 16.7 Å². The second-order valence-electron chi connectivity index (χ2n) is 4.66. The van der Waals surface area contributed by atoms with Crippen LogP contribution in [0.25, 0.3) is 11.1 Å². The van der Waals surface area contributed by atoms with Gasteiger partial charge < -0.3 is 0 Å². The molecule has 0 atom stereocenters. The normalized spacial score (nSPS) is 13.2. The Morgan fingerprint density at radius 3 is 2.25 bits per heavy atom. The van der Waals surface area contributed by atoms with Gasteiger partial charge in [-0.15, -0.1) is 0 Å². The second kappa shape index (κ2) is 5.06. The first-order valence-corrected chi connectivity index (χ1v) is 6.67. The maximum absolute atomic E-state index is 12.2. The van der Waals surface area contributed by atoms with Gasteiger partial charge >= 0.3 is 0 Å². The van der Waals surface area contributed by atoms with Gasteiger partial charge in [0.1, 0.15) is 0 Å². The first-order chi connectivity index (χ1) is 9.68. The van der Waals surface area contributed by atoms with Crippen molar-refractivity contribution in [1.29, 1.82) is 0 Å². The van der Waals surface area contributed by atoms with Crippen LogP contribution in [-0.2, 0) is 16.0 Å². The molecule has 0 heterocycles. The Labute approximate surface area is 121 Å². The first kappa shape index (κ1) is 12.8. The van der Waals surface area contributed by atoms with E-state index in [1.54, 1.807) is 0 Å². The summed E-state index contributed by atoms with van der Waals surface area (Å²) in [5, 5.41) is -0.940. The highest BCUT2D eigenvalue weighted by molar-refractivity contribution is 6.86. The van der Waals surface area contributed by atoms with Crippen molar-refractivity contribution < 1.29 is 9.59 Å². The van der Waals surface area contributed by atoms with Gasteiger partial charge in [0.15, 0.2) is 0 Å². The fraction of sp³-hybridized carbons (Fsp3) is 0.0588. The summed E-state index contributed by atoms with van der Waals surface area (Å²) in [5.74, 6) is -0.629. The first-order valence-electron chi connectivity index (χ1n) is 6.29. The number of Topliss-reactive ketones (excluding diaryl/α,β-unsaturated/α-hetero) is 1. The fourth-order valence-electron chi connectivity index (χ4n) is 2.60. The zero-order valence-corrected chi connectivity index (χ0v) is 11.4. The number of hydrogen-bond donors (Lipinski definition) is 0. The Morgan fingerprint density at radius 2 is 1.55 bits per heavy atom. The number of allylic oxidation sites excluding steroid dienone is 2. The quantitative estimate of drug-likeness (QED) is 0.638. The number of fused-ring (bicyclic) bond motifs is 1. The lowest BCUT2D eigenvalue weighted by Gasteiger charge is -2.05. The van der Waals surface area contributed by atoms with Gasteiger partial charge in [0.2, 0.25) is 5.78 Å². The van der Waals surface area contributed by atoms with Gasteiger partial charge in [-0.3, -0.25) is 9.59 Å². The second-order valence-corrected chi connectivity index (χ2v) is 5.00. The van der Waals surface area contributed by atoms with E-state index in [2.05, 4.69) is 0 Å². The summed E-state index contributed by atoms with van der Waals surface area (Å²) in [5.41, 5.74) is 4.11. The van der Waals surface area contributed by atoms with Gasteiger partial charge in [-0.2, -0.15) is 0 Å². The Balaban J connectivity index is 2.22. The molecule has 0 aliphatic heterocycles. The molecule has 2 nitrogen and oxygen atoms in total. The van der Waals surface area contributed by atoms with Crippen LogP contribution in [0.5, 0.6) is 0 Å². The molecule has 0 amide bonds. The van der Waals surface area contributed by atoms with Crippen molar-refractivity contribution in [3.8, 4) is 0 Å². The van der Waals surface area contributed by atoms with Crippen molar-refractivity contribution in [2.75, 3.05) is 0 Å². The van der Waals surface area contributed by atoms with Gasteiger partial charge in [0.25, 0.3) is 5.24 Å². The minimum atomic E-state index is -0.940. The molecule has 0 spiro atoms. The zero-order valence-electron chi connectivity index (χ0n) is 10.6. The number of ketones is 1. The van der Waals surface area contributed by atoms with Crippen molar-refractivity contribution in [3.63, 3.8) is 0 Å². The number of rotatable bonds is 3. The number of halogens is 1. The van der Waals surface area contributed by atoms with Gasteiger partial charge in [0, 0.05) is 5.57 Å². The standard InChI is InChI=1S/C17H11ClO2/c18-17(20)16(19)15-13-9-5-4-8-12(13)10-14(15)11-6-2-1-3-7-11/h1-9H,10H2. The Morgan fingerprint density at radius 1 is 0.900 bits per heavy atom. The third-order valence-corrected chi connectivity index (χ3v) is 3.66. The molecule has 0 N–H and O–H groups in total. The highest BCUT2D eigenvalue weighted by Gasteiger charge is 2.29. The van der Waals surface area contributed by atoms with Crippen LogP contribution in [0.4, 0.5) is 0 Å². The van der Waals surface area contributed by atoms with Crippen molar-refractivity contribution in [3.05, 3.63) is 71.3 Å². The predicted molar refractivity (Wildman–Crippen MR) is 79.3 cm³/mol. The van der Waals surface area contributed by atoms with Gasteiger partial charge in [0.05, 0.1) is 0 Å². The van der Waals surface area contributed by atoms with E-state index in [0.717, 1.165) is 22.3 Å². The molecule has 0 bridgehead atoms. The number of hydrogen-bond acceptors (Lipinski definition) is 2. The van der Waals surface area contributed by atoms with E-state index < -0.39 is 11.0 Å². The molecular weight excluding hydrogens is 272 g/mol. The predicted octanol–water partition coefficient (Wildman–Crippen LogP) is 3.49. The van der Waals surface area contributed by atoms with E-state index in [1.165, 1.54) is 0 Å². The summed E-state index contributed by atoms with van der Waals surface area (Å²) >= 11 is 5.40. The summed E-state index contributed by atoms with van der Waals surface area (Å²) in [4.78, 5) is 23.5. The minimum Gasteiger partial charge on any atom is -0.284 e. The molecule has 0 unspecified atom stereocenters.